The predicted molar refractivity (Wildman–Crippen MR) is 114 cm³/mol. The van der Waals surface area contributed by atoms with E-state index in [1.807, 2.05) is 24.6 Å². The summed E-state index contributed by atoms with van der Waals surface area (Å²) in [5.41, 5.74) is 6.23. The van der Waals surface area contributed by atoms with Gasteiger partial charge in [0.05, 0.1) is 11.3 Å². The summed E-state index contributed by atoms with van der Waals surface area (Å²) in [5.74, 6) is -1.00. The predicted octanol–water partition coefficient (Wildman–Crippen LogP) is 3.62. The van der Waals surface area contributed by atoms with Gasteiger partial charge in [-0.3, -0.25) is 4.79 Å². The van der Waals surface area contributed by atoms with Crippen molar-refractivity contribution in [3.05, 3.63) is 41.2 Å². The van der Waals surface area contributed by atoms with E-state index in [9.17, 15) is 9.18 Å². The first-order chi connectivity index (χ1) is 14.1. The number of likely N-dealkylation sites (N-methyl/N-ethyl adjacent to an activating group) is 1. The second-order valence-corrected chi connectivity index (χ2v) is 8.00. The summed E-state index contributed by atoms with van der Waals surface area (Å²) in [7, 11) is 1.91. The van der Waals surface area contributed by atoms with Crippen LogP contribution in [0, 0.1) is 5.82 Å². The van der Waals surface area contributed by atoms with Gasteiger partial charge in [0.2, 0.25) is 0 Å². The number of halogens is 1. The van der Waals surface area contributed by atoms with Crippen LogP contribution in [0.4, 0.5) is 21.7 Å². The van der Waals surface area contributed by atoms with E-state index in [1.54, 1.807) is 6.20 Å². The molecule has 152 valence electrons. The Bertz CT molecular complexity index is 1040. The fourth-order valence-corrected chi connectivity index (χ4v) is 4.63. The van der Waals surface area contributed by atoms with Crippen molar-refractivity contribution >= 4 is 44.8 Å². The van der Waals surface area contributed by atoms with E-state index in [1.165, 1.54) is 11.3 Å². The molecule has 1 aliphatic rings. The first-order valence-corrected chi connectivity index (χ1v) is 10.5. The molecule has 29 heavy (non-hydrogen) atoms. The number of aromatic nitrogens is 2. The normalized spacial score (nSPS) is 19.2. The van der Waals surface area contributed by atoms with Gasteiger partial charge in [0, 0.05) is 29.0 Å². The standard InChI is InChI=1S/C20H23FN6OS/c1-23-14-6-2-3-7-15(14)25-19-13(21)9-12(17(22)28)18(27-19)26-16-10-29-20-11(16)5-4-8-24-20/h4-5,8-10,14-15,23H,2-3,6-7H2,1H3,(H2,22,28)(H2,25,26,27). The molecule has 1 saturated carbocycles. The van der Waals surface area contributed by atoms with Crippen molar-refractivity contribution in [2.24, 2.45) is 5.73 Å². The minimum Gasteiger partial charge on any atom is -0.365 e. The van der Waals surface area contributed by atoms with Gasteiger partial charge < -0.3 is 21.7 Å². The highest BCUT2D eigenvalue weighted by molar-refractivity contribution is 7.17. The number of nitrogens with zero attached hydrogens (tertiary/aromatic N) is 2. The van der Waals surface area contributed by atoms with Crippen molar-refractivity contribution in [2.75, 3.05) is 17.7 Å². The Kier molecular flexibility index (Phi) is 5.59. The molecule has 3 heterocycles. The topological polar surface area (TPSA) is 105 Å². The van der Waals surface area contributed by atoms with Crippen LogP contribution in [0.2, 0.25) is 0 Å². The summed E-state index contributed by atoms with van der Waals surface area (Å²) in [4.78, 5) is 21.5. The van der Waals surface area contributed by atoms with Gasteiger partial charge in [-0.15, -0.1) is 11.3 Å². The third kappa shape index (κ3) is 4.01. The van der Waals surface area contributed by atoms with Crippen LogP contribution < -0.4 is 21.7 Å². The number of hydrogen-bond donors (Lipinski definition) is 4. The van der Waals surface area contributed by atoms with Crippen molar-refractivity contribution in [1.82, 2.24) is 15.3 Å². The van der Waals surface area contributed by atoms with Gasteiger partial charge in [0.15, 0.2) is 11.6 Å². The van der Waals surface area contributed by atoms with Crippen LogP contribution in [-0.4, -0.2) is 35.0 Å². The molecule has 0 aliphatic heterocycles. The van der Waals surface area contributed by atoms with Crippen LogP contribution in [0.25, 0.3) is 10.2 Å². The Morgan fingerprint density at radius 2 is 2.07 bits per heavy atom. The average Bonchev–Trinajstić information content (AvgIpc) is 3.13. The van der Waals surface area contributed by atoms with Crippen LogP contribution in [0.15, 0.2) is 29.8 Å². The van der Waals surface area contributed by atoms with Crippen LogP contribution in [0.5, 0.6) is 0 Å². The lowest BCUT2D eigenvalue weighted by Crippen LogP contribution is -2.45. The van der Waals surface area contributed by atoms with Crippen LogP contribution in [0.1, 0.15) is 36.0 Å². The summed E-state index contributed by atoms with van der Waals surface area (Å²) in [6.45, 7) is 0. The number of anilines is 3. The van der Waals surface area contributed by atoms with Gasteiger partial charge >= 0.3 is 0 Å². The lowest BCUT2D eigenvalue weighted by atomic mass is 9.90. The molecule has 2 atom stereocenters. The number of fused-ring (bicyclic) bond motifs is 1. The average molecular weight is 415 g/mol. The largest absolute Gasteiger partial charge is 0.365 e. The Hall–Kier alpha value is -2.78. The maximum absolute atomic E-state index is 14.7. The first-order valence-electron chi connectivity index (χ1n) is 9.60. The maximum Gasteiger partial charge on any atom is 0.252 e. The zero-order valence-electron chi connectivity index (χ0n) is 16.0. The lowest BCUT2D eigenvalue weighted by Gasteiger charge is -2.32. The zero-order chi connectivity index (χ0) is 20.4. The Morgan fingerprint density at radius 3 is 2.83 bits per heavy atom. The molecule has 1 aliphatic carbocycles. The molecule has 9 heteroatoms. The lowest BCUT2D eigenvalue weighted by molar-refractivity contribution is 0.100. The number of nitrogens with two attached hydrogens (primary N) is 1. The molecular weight excluding hydrogens is 391 g/mol. The summed E-state index contributed by atoms with van der Waals surface area (Å²) < 4.78 is 14.7. The number of pyridine rings is 2. The van der Waals surface area contributed by atoms with Crippen molar-refractivity contribution < 1.29 is 9.18 Å². The van der Waals surface area contributed by atoms with E-state index >= 15 is 0 Å². The quantitative estimate of drug-likeness (QED) is 0.491. The van der Waals surface area contributed by atoms with Gasteiger partial charge in [0.1, 0.15) is 10.6 Å². The van der Waals surface area contributed by atoms with Gasteiger partial charge in [-0.25, -0.2) is 14.4 Å². The number of thiophene rings is 1. The zero-order valence-corrected chi connectivity index (χ0v) is 16.9. The molecule has 3 aromatic rings. The van der Waals surface area contributed by atoms with E-state index in [0.717, 1.165) is 47.7 Å². The SMILES string of the molecule is CNC1CCCCC1Nc1nc(Nc2csc3ncccc23)c(C(N)=O)cc1F. The molecule has 2 unspecified atom stereocenters. The number of primary amides is 1. The maximum atomic E-state index is 14.7. The molecular formula is C20H23FN6OS. The Labute approximate surface area is 171 Å². The Balaban J connectivity index is 1.68. The van der Waals surface area contributed by atoms with Gasteiger partial charge in [-0.1, -0.05) is 12.8 Å². The van der Waals surface area contributed by atoms with E-state index in [4.69, 9.17) is 5.73 Å². The second-order valence-electron chi connectivity index (χ2n) is 7.14. The van der Waals surface area contributed by atoms with Crippen molar-refractivity contribution in [3.8, 4) is 0 Å². The van der Waals surface area contributed by atoms with Crippen LogP contribution in [-0.2, 0) is 0 Å². The minimum atomic E-state index is -0.742. The molecule has 0 aromatic carbocycles. The summed E-state index contributed by atoms with van der Waals surface area (Å²) in [6, 6.07) is 5.21. The molecule has 4 rings (SSSR count). The van der Waals surface area contributed by atoms with Gasteiger partial charge in [0.25, 0.3) is 5.91 Å². The highest BCUT2D eigenvalue weighted by atomic mass is 32.1. The summed E-state index contributed by atoms with van der Waals surface area (Å²) in [6.07, 6.45) is 5.89. The highest BCUT2D eigenvalue weighted by Gasteiger charge is 2.26. The number of carbonyl (C=O) groups is 1. The number of hydrogen-bond acceptors (Lipinski definition) is 7. The molecule has 3 aromatic heterocycles. The second kappa shape index (κ2) is 8.30. The molecule has 7 nitrogen and oxygen atoms in total. The number of amides is 1. The Morgan fingerprint density at radius 1 is 1.28 bits per heavy atom. The molecule has 5 N–H and O–H groups in total. The van der Waals surface area contributed by atoms with Crippen molar-refractivity contribution in [2.45, 2.75) is 37.8 Å². The van der Waals surface area contributed by atoms with Gasteiger partial charge in [-0.05, 0) is 38.1 Å². The summed E-state index contributed by atoms with van der Waals surface area (Å²) >= 11 is 1.47. The molecule has 0 radical (unpaired) electrons. The number of rotatable bonds is 6. The van der Waals surface area contributed by atoms with Crippen LogP contribution in [0.3, 0.4) is 0 Å². The number of nitrogens with one attached hydrogen (secondary N) is 3. The number of carbonyl (C=O) groups excluding carboxylic acids is 1. The molecule has 1 fully saturated rings. The van der Waals surface area contributed by atoms with Crippen LogP contribution >= 0.6 is 11.3 Å². The van der Waals surface area contributed by atoms with Gasteiger partial charge in [-0.2, -0.15) is 0 Å². The smallest absolute Gasteiger partial charge is 0.252 e. The fourth-order valence-electron chi connectivity index (χ4n) is 3.79. The van der Waals surface area contributed by atoms with E-state index in [2.05, 4.69) is 25.9 Å². The van der Waals surface area contributed by atoms with E-state index < -0.39 is 11.7 Å². The molecule has 1 amide bonds. The monoisotopic (exact) mass is 414 g/mol. The molecule has 0 bridgehead atoms. The molecule has 0 saturated heterocycles. The summed E-state index contributed by atoms with van der Waals surface area (Å²) in [5, 5.41) is 12.4. The van der Waals surface area contributed by atoms with E-state index in [-0.39, 0.29) is 29.3 Å². The van der Waals surface area contributed by atoms with Crippen molar-refractivity contribution in [1.29, 1.82) is 0 Å². The third-order valence-electron chi connectivity index (χ3n) is 5.30. The third-order valence-corrected chi connectivity index (χ3v) is 6.21. The highest BCUT2D eigenvalue weighted by Crippen LogP contribution is 2.32. The first kappa shape index (κ1) is 19.5. The van der Waals surface area contributed by atoms with Crippen molar-refractivity contribution in [3.63, 3.8) is 0 Å². The molecule has 0 spiro atoms. The minimum absolute atomic E-state index is 0.00472. The fraction of sp³-hybridized carbons (Fsp3) is 0.350. The van der Waals surface area contributed by atoms with E-state index in [0.29, 0.717) is 0 Å².